The van der Waals surface area contributed by atoms with Crippen LogP contribution in [0.25, 0.3) is 0 Å². The number of nitrogens with zero attached hydrogens (tertiary/aromatic N) is 1. The second-order valence-corrected chi connectivity index (χ2v) is 6.99. The molecule has 1 aromatic heterocycles. The van der Waals surface area contributed by atoms with E-state index in [0.29, 0.717) is 6.61 Å². The van der Waals surface area contributed by atoms with Crippen molar-refractivity contribution in [2.45, 2.75) is 38.8 Å². The lowest BCUT2D eigenvalue weighted by Crippen LogP contribution is -2.37. The normalized spacial score (nSPS) is 11.5. The topological polar surface area (TPSA) is 49.9 Å². The van der Waals surface area contributed by atoms with E-state index in [4.69, 9.17) is 4.74 Å². The molecule has 0 unspecified atom stereocenters. The molecule has 0 fully saturated rings. The molecule has 0 amide bonds. The van der Waals surface area contributed by atoms with Gasteiger partial charge in [-0.3, -0.25) is 0 Å². The second-order valence-electron chi connectivity index (χ2n) is 6.99. The van der Waals surface area contributed by atoms with Crippen molar-refractivity contribution in [2.24, 2.45) is 0 Å². The first kappa shape index (κ1) is 18.2. The van der Waals surface area contributed by atoms with Crippen LogP contribution in [0, 0.1) is 0 Å². The minimum Gasteiger partial charge on any atom is -0.489 e. The Kier molecular flexibility index (Phi) is 6.08. The highest BCUT2D eigenvalue weighted by molar-refractivity contribution is 5.31. The lowest BCUT2D eigenvalue weighted by atomic mass is 9.94. The molecule has 0 spiro atoms. The summed E-state index contributed by atoms with van der Waals surface area (Å²) in [7, 11) is 0. The van der Waals surface area contributed by atoms with Gasteiger partial charge in [-0.25, -0.2) is 4.98 Å². The summed E-state index contributed by atoms with van der Waals surface area (Å²) in [5, 5.41) is 3.63. The van der Waals surface area contributed by atoms with Crippen molar-refractivity contribution in [1.82, 2.24) is 15.3 Å². The lowest BCUT2D eigenvalue weighted by Gasteiger charge is -2.27. The monoisotopic (exact) mass is 349 g/mol. The fourth-order valence-electron chi connectivity index (χ4n) is 2.90. The summed E-state index contributed by atoms with van der Waals surface area (Å²) in [6, 6.07) is 18.6. The number of rotatable bonds is 9. The van der Waals surface area contributed by atoms with E-state index in [1.807, 2.05) is 36.5 Å². The number of aromatic amines is 1. The van der Waals surface area contributed by atoms with E-state index in [9.17, 15) is 0 Å². The van der Waals surface area contributed by atoms with E-state index in [-0.39, 0.29) is 5.54 Å². The molecule has 26 heavy (non-hydrogen) atoms. The average Bonchev–Trinajstić information content (AvgIpc) is 3.18. The van der Waals surface area contributed by atoms with Crippen molar-refractivity contribution in [3.05, 3.63) is 83.9 Å². The predicted octanol–water partition coefficient (Wildman–Crippen LogP) is 4.45. The Morgan fingerprint density at radius 3 is 2.50 bits per heavy atom. The molecule has 3 aromatic rings. The van der Waals surface area contributed by atoms with E-state index >= 15 is 0 Å². The molecule has 4 heteroatoms. The number of hydrogen-bond acceptors (Lipinski definition) is 3. The Morgan fingerprint density at radius 2 is 1.81 bits per heavy atom. The molecule has 2 N–H and O–H groups in total. The Labute approximate surface area is 155 Å². The molecular formula is C22H27N3O. The standard InChI is InChI=1S/C22H27N3O/c1-22(2,25-14-6-9-21-23-15-16-24-21)19-10-12-20(13-11-19)26-17-18-7-4-3-5-8-18/h3-5,7-8,10-13,15-16,25H,6,9,14,17H2,1-2H3,(H,23,24). The van der Waals surface area contributed by atoms with Gasteiger partial charge in [0, 0.05) is 24.4 Å². The van der Waals surface area contributed by atoms with Gasteiger partial charge in [0.1, 0.15) is 18.2 Å². The van der Waals surface area contributed by atoms with E-state index in [1.165, 1.54) is 11.1 Å². The summed E-state index contributed by atoms with van der Waals surface area (Å²) in [5.41, 5.74) is 2.35. The van der Waals surface area contributed by atoms with E-state index in [1.54, 1.807) is 6.20 Å². The van der Waals surface area contributed by atoms with Gasteiger partial charge >= 0.3 is 0 Å². The quantitative estimate of drug-likeness (QED) is 0.561. The van der Waals surface area contributed by atoms with Crippen LogP contribution in [0.4, 0.5) is 0 Å². The maximum atomic E-state index is 5.87. The zero-order valence-electron chi connectivity index (χ0n) is 15.5. The molecule has 0 aliphatic heterocycles. The number of benzene rings is 2. The molecular weight excluding hydrogens is 322 g/mol. The molecule has 136 valence electrons. The first-order valence-electron chi connectivity index (χ1n) is 9.14. The minimum atomic E-state index is -0.0822. The van der Waals surface area contributed by atoms with E-state index in [2.05, 4.69) is 53.4 Å². The van der Waals surface area contributed by atoms with Crippen molar-refractivity contribution >= 4 is 0 Å². The molecule has 0 saturated heterocycles. The number of aromatic nitrogens is 2. The van der Waals surface area contributed by atoms with Crippen LogP contribution in [-0.4, -0.2) is 16.5 Å². The maximum Gasteiger partial charge on any atom is 0.119 e. The number of aryl methyl sites for hydroxylation is 1. The molecule has 0 bridgehead atoms. The fourth-order valence-corrected chi connectivity index (χ4v) is 2.90. The van der Waals surface area contributed by atoms with Crippen molar-refractivity contribution in [2.75, 3.05) is 6.54 Å². The zero-order valence-corrected chi connectivity index (χ0v) is 15.5. The first-order chi connectivity index (χ1) is 12.6. The third kappa shape index (κ3) is 5.20. The molecule has 4 nitrogen and oxygen atoms in total. The summed E-state index contributed by atoms with van der Waals surface area (Å²) in [4.78, 5) is 7.40. The smallest absolute Gasteiger partial charge is 0.119 e. The number of ether oxygens (including phenoxy) is 1. The van der Waals surface area contributed by atoms with Crippen LogP contribution in [0.15, 0.2) is 67.0 Å². The number of imidazole rings is 1. The van der Waals surface area contributed by atoms with Crippen LogP contribution in [-0.2, 0) is 18.6 Å². The predicted molar refractivity (Wildman–Crippen MR) is 105 cm³/mol. The molecule has 0 aliphatic carbocycles. The summed E-state index contributed by atoms with van der Waals surface area (Å²) in [5.74, 6) is 1.94. The van der Waals surface area contributed by atoms with Crippen LogP contribution in [0.5, 0.6) is 5.75 Å². The van der Waals surface area contributed by atoms with Gasteiger partial charge in [0.15, 0.2) is 0 Å². The molecule has 0 saturated carbocycles. The van der Waals surface area contributed by atoms with E-state index < -0.39 is 0 Å². The third-order valence-electron chi connectivity index (χ3n) is 4.54. The molecule has 0 atom stereocenters. The van der Waals surface area contributed by atoms with Crippen molar-refractivity contribution in [1.29, 1.82) is 0 Å². The van der Waals surface area contributed by atoms with Crippen molar-refractivity contribution < 1.29 is 4.74 Å². The van der Waals surface area contributed by atoms with Crippen LogP contribution in [0.2, 0.25) is 0 Å². The SMILES string of the molecule is CC(C)(NCCCc1ncc[nH]1)c1ccc(OCc2ccccc2)cc1. The molecule has 3 rings (SSSR count). The highest BCUT2D eigenvalue weighted by atomic mass is 16.5. The molecule has 1 heterocycles. The number of hydrogen-bond donors (Lipinski definition) is 2. The lowest BCUT2D eigenvalue weighted by molar-refractivity contribution is 0.305. The molecule has 0 aliphatic rings. The van der Waals surface area contributed by atoms with Gasteiger partial charge in [-0.05, 0) is 50.1 Å². The van der Waals surface area contributed by atoms with Crippen molar-refractivity contribution in [3.63, 3.8) is 0 Å². The van der Waals surface area contributed by atoms with Gasteiger partial charge in [0.25, 0.3) is 0 Å². The average molecular weight is 349 g/mol. The van der Waals surface area contributed by atoms with Crippen LogP contribution in [0.1, 0.15) is 37.2 Å². The third-order valence-corrected chi connectivity index (χ3v) is 4.54. The molecule has 2 aromatic carbocycles. The van der Waals surface area contributed by atoms with Gasteiger partial charge in [-0.1, -0.05) is 42.5 Å². The van der Waals surface area contributed by atoms with E-state index in [0.717, 1.165) is 31.0 Å². The Hall–Kier alpha value is -2.59. The largest absolute Gasteiger partial charge is 0.489 e. The second kappa shape index (κ2) is 8.68. The summed E-state index contributed by atoms with van der Waals surface area (Å²) < 4.78 is 5.87. The van der Waals surface area contributed by atoms with Gasteiger partial charge < -0.3 is 15.0 Å². The van der Waals surface area contributed by atoms with Gasteiger partial charge in [0.05, 0.1) is 0 Å². The summed E-state index contributed by atoms with van der Waals surface area (Å²) in [6.07, 6.45) is 5.68. The first-order valence-corrected chi connectivity index (χ1v) is 9.14. The molecule has 0 radical (unpaired) electrons. The van der Waals surface area contributed by atoms with Gasteiger partial charge in [-0.15, -0.1) is 0 Å². The minimum absolute atomic E-state index is 0.0822. The Bertz CT molecular complexity index is 765. The van der Waals surface area contributed by atoms with Gasteiger partial charge in [-0.2, -0.15) is 0 Å². The summed E-state index contributed by atoms with van der Waals surface area (Å²) in [6.45, 7) is 5.95. The van der Waals surface area contributed by atoms with Crippen LogP contribution in [0.3, 0.4) is 0 Å². The number of H-pyrrole nitrogens is 1. The van der Waals surface area contributed by atoms with Crippen molar-refractivity contribution in [3.8, 4) is 5.75 Å². The highest BCUT2D eigenvalue weighted by Gasteiger charge is 2.19. The fraction of sp³-hybridized carbons (Fsp3) is 0.318. The maximum absolute atomic E-state index is 5.87. The Morgan fingerprint density at radius 1 is 1.04 bits per heavy atom. The van der Waals surface area contributed by atoms with Crippen LogP contribution < -0.4 is 10.1 Å². The van der Waals surface area contributed by atoms with Crippen LogP contribution >= 0.6 is 0 Å². The number of nitrogens with one attached hydrogen (secondary N) is 2. The van der Waals surface area contributed by atoms with Gasteiger partial charge in [0.2, 0.25) is 0 Å². The highest BCUT2D eigenvalue weighted by Crippen LogP contribution is 2.23. The Balaban J connectivity index is 1.48. The summed E-state index contributed by atoms with van der Waals surface area (Å²) >= 11 is 0. The zero-order chi connectivity index (χ0) is 18.2.